The van der Waals surface area contributed by atoms with Crippen LogP contribution in [0.5, 0.6) is 5.75 Å². The molecular formula is C17H15BrO2. The summed E-state index contributed by atoms with van der Waals surface area (Å²) in [5.41, 5.74) is 1.85. The van der Waals surface area contributed by atoms with Crippen LogP contribution < -0.4 is 4.74 Å². The van der Waals surface area contributed by atoms with E-state index in [-0.39, 0.29) is 6.10 Å². The second-order valence-corrected chi connectivity index (χ2v) is 5.79. The monoisotopic (exact) mass is 330 g/mol. The fourth-order valence-corrected chi connectivity index (χ4v) is 2.58. The molecule has 0 fully saturated rings. The van der Waals surface area contributed by atoms with Crippen LogP contribution in [0.1, 0.15) is 13.8 Å². The fraction of sp³-hybridized carbons (Fsp3) is 0.176. The Morgan fingerprint density at radius 2 is 1.80 bits per heavy atom. The van der Waals surface area contributed by atoms with Gasteiger partial charge in [-0.15, -0.1) is 0 Å². The molecule has 102 valence electrons. The van der Waals surface area contributed by atoms with E-state index in [0.717, 1.165) is 32.5 Å². The molecule has 20 heavy (non-hydrogen) atoms. The first-order chi connectivity index (χ1) is 9.65. The number of halogens is 1. The largest absolute Gasteiger partial charge is 0.487 e. The maximum Gasteiger partial charge on any atom is 0.177 e. The first kappa shape index (κ1) is 13.3. The van der Waals surface area contributed by atoms with Crippen molar-refractivity contribution in [3.63, 3.8) is 0 Å². The molecule has 0 radical (unpaired) electrons. The third-order valence-electron chi connectivity index (χ3n) is 3.02. The zero-order chi connectivity index (χ0) is 14.1. The Hall–Kier alpha value is -1.74. The second-order valence-electron chi connectivity index (χ2n) is 4.93. The lowest BCUT2D eigenvalue weighted by Gasteiger charge is -2.10. The van der Waals surface area contributed by atoms with Gasteiger partial charge in [-0.1, -0.05) is 46.3 Å². The van der Waals surface area contributed by atoms with E-state index in [4.69, 9.17) is 9.15 Å². The first-order valence-electron chi connectivity index (χ1n) is 6.59. The van der Waals surface area contributed by atoms with Gasteiger partial charge in [-0.2, -0.15) is 0 Å². The molecule has 0 saturated carbocycles. The predicted octanol–water partition coefficient (Wildman–Crippen LogP) is 5.65. The van der Waals surface area contributed by atoms with Gasteiger partial charge in [0.2, 0.25) is 0 Å². The molecule has 0 N–H and O–H groups in total. The Kier molecular flexibility index (Phi) is 3.53. The van der Waals surface area contributed by atoms with Gasteiger partial charge in [0.05, 0.1) is 6.10 Å². The molecule has 0 aliphatic rings. The maximum absolute atomic E-state index is 6.01. The Morgan fingerprint density at radius 3 is 2.50 bits per heavy atom. The van der Waals surface area contributed by atoms with Crippen molar-refractivity contribution in [2.45, 2.75) is 20.0 Å². The van der Waals surface area contributed by atoms with Crippen molar-refractivity contribution in [3.05, 3.63) is 53.0 Å². The Balaban J connectivity index is 2.17. The fourth-order valence-electron chi connectivity index (χ4n) is 2.16. The van der Waals surface area contributed by atoms with Crippen molar-refractivity contribution in [3.8, 4) is 17.1 Å². The summed E-state index contributed by atoms with van der Waals surface area (Å²) in [7, 11) is 0. The normalized spacial score (nSPS) is 11.2. The van der Waals surface area contributed by atoms with Gasteiger partial charge in [0.25, 0.3) is 0 Å². The van der Waals surface area contributed by atoms with Crippen molar-refractivity contribution >= 4 is 26.9 Å². The van der Waals surface area contributed by atoms with Crippen LogP contribution in [0.15, 0.2) is 57.4 Å². The zero-order valence-electron chi connectivity index (χ0n) is 11.4. The second kappa shape index (κ2) is 5.33. The molecule has 0 spiro atoms. The molecule has 3 aromatic rings. The molecule has 2 nitrogen and oxygen atoms in total. The van der Waals surface area contributed by atoms with Gasteiger partial charge in [0.15, 0.2) is 11.3 Å². The van der Waals surface area contributed by atoms with Crippen LogP contribution in [0.2, 0.25) is 0 Å². The van der Waals surface area contributed by atoms with E-state index in [1.54, 1.807) is 0 Å². The average Bonchev–Trinajstić information content (AvgIpc) is 2.89. The summed E-state index contributed by atoms with van der Waals surface area (Å²) in [6.45, 7) is 4.02. The quantitative estimate of drug-likeness (QED) is 0.619. The van der Waals surface area contributed by atoms with Crippen LogP contribution in [-0.4, -0.2) is 6.10 Å². The summed E-state index contributed by atoms with van der Waals surface area (Å²) in [6.07, 6.45) is 0.115. The van der Waals surface area contributed by atoms with Gasteiger partial charge in [-0.05, 0) is 32.0 Å². The molecule has 0 aliphatic carbocycles. The molecule has 0 amide bonds. The topological polar surface area (TPSA) is 22.4 Å². The smallest absolute Gasteiger partial charge is 0.177 e. The van der Waals surface area contributed by atoms with Crippen molar-refractivity contribution in [1.29, 1.82) is 0 Å². The lowest BCUT2D eigenvalue weighted by Crippen LogP contribution is -2.05. The number of fused-ring (bicyclic) bond motifs is 1. The van der Waals surface area contributed by atoms with Gasteiger partial charge in [0.1, 0.15) is 5.76 Å². The third kappa shape index (κ3) is 2.46. The van der Waals surface area contributed by atoms with Crippen LogP contribution in [0, 0.1) is 0 Å². The van der Waals surface area contributed by atoms with Gasteiger partial charge in [-0.25, -0.2) is 0 Å². The van der Waals surface area contributed by atoms with Crippen LogP contribution >= 0.6 is 15.9 Å². The number of benzene rings is 2. The van der Waals surface area contributed by atoms with Gasteiger partial charge < -0.3 is 9.15 Å². The molecule has 1 aromatic heterocycles. The third-order valence-corrected chi connectivity index (χ3v) is 3.71. The molecule has 0 bridgehead atoms. The van der Waals surface area contributed by atoms with Crippen molar-refractivity contribution in [2.75, 3.05) is 0 Å². The summed E-state index contributed by atoms with van der Waals surface area (Å²) in [4.78, 5) is 0. The summed E-state index contributed by atoms with van der Waals surface area (Å²) < 4.78 is 12.8. The lowest BCUT2D eigenvalue weighted by atomic mass is 10.1. The minimum Gasteiger partial charge on any atom is -0.487 e. The van der Waals surface area contributed by atoms with E-state index in [9.17, 15) is 0 Å². The lowest BCUT2D eigenvalue weighted by molar-refractivity contribution is 0.242. The Labute approximate surface area is 126 Å². The standard InChI is InChI=1S/C17H15BrO2/c1-11(2)19-15-9-8-14(18)13-10-16(20-17(13)15)12-6-4-3-5-7-12/h3-11H,1-2H3. The van der Waals surface area contributed by atoms with Crippen LogP contribution in [-0.2, 0) is 0 Å². The minimum atomic E-state index is 0.115. The molecule has 0 aliphatic heterocycles. The highest BCUT2D eigenvalue weighted by Crippen LogP contribution is 2.37. The number of rotatable bonds is 3. The highest BCUT2D eigenvalue weighted by Gasteiger charge is 2.14. The number of furan rings is 1. The van der Waals surface area contributed by atoms with Crippen molar-refractivity contribution in [2.24, 2.45) is 0 Å². The molecule has 1 heterocycles. The number of hydrogen-bond acceptors (Lipinski definition) is 2. The summed E-state index contributed by atoms with van der Waals surface area (Å²) >= 11 is 3.57. The van der Waals surface area contributed by atoms with Crippen molar-refractivity contribution < 1.29 is 9.15 Å². The van der Waals surface area contributed by atoms with Crippen LogP contribution in [0.25, 0.3) is 22.3 Å². The molecular weight excluding hydrogens is 316 g/mol. The van der Waals surface area contributed by atoms with Crippen LogP contribution in [0.3, 0.4) is 0 Å². The highest BCUT2D eigenvalue weighted by atomic mass is 79.9. The highest BCUT2D eigenvalue weighted by molar-refractivity contribution is 9.10. The molecule has 3 heteroatoms. The SMILES string of the molecule is CC(C)Oc1ccc(Br)c2cc(-c3ccccc3)oc12. The van der Waals surface area contributed by atoms with E-state index in [1.165, 1.54) is 0 Å². The maximum atomic E-state index is 6.01. The van der Waals surface area contributed by atoms with E-state index in [2.05, 4.69) is 15.9 Å². The van der Waals surface area contributed by atoms with E-state index >= 15 is 0 Å². The van der Waals surface area contributed by atoms with Gasteiger partial charge in [-0.3, -0.25) is 0 Å². The molecule has 3 rings (SSSR count). The predicted molar refractivity (Wildman–Crippen MR) is 85.1 cm³/mol. The van der Waals surface area contributed by atoms with Gasteiger partial charge >= 0.3 is 0 Å². The van der Waals surface area contributed by atoms with E-state index in [1.807, 2.05) is 62.4 Å². The average molecular weight is 331 g/mol. The summed E-state index contributed by atoms with van der Waals surface area (Å²) in [5, 5.41) is 1.03. The molecule has 0 saturated heterocycles. The number of ether oxygens (including phenoxy) is 1. The van der Waals surface area contributed by atoms with Crippen molar-refractivity contribution in [1.82, 2.24) is 0 Å². The van der Waals surface area contributed by atoms with Gasteiger partial charge in [0, 0.05) is 15.4 Å². The first-order valence-corrected chi connectivity index (χ1v) is 7.38. The molecule has 2 aromatic carbocycles. The molecule has 0 unspecified atom stereocenters. The van der Waals surface area contributed by atoms with E-state index < -0.39 is 0 Å². The summed E-state index contributed by atoms with van der Waals surface area (Å²) in [6, 6.07) is 16.0. The molecule has 0 atom stereocenters. The summed E-state index contributed by atoms with van der Waals surface area (Å²) in [5.74, 6) is 1.63. The van der Waals surface area contributed by atoms with Crippen LogP contribution in [0.4, 0.5) is 0 Å². The zero-order valence-corrected chi connectivity index (χ0v) is 13.0. The Bertz CT molecular complexity index is 729. The van der Waals surface area contributed by atoms with E-state index in [0.29, 0.717) is 0 Å². The number of hydrogen-bond donors (Lipinski definition) is 0. The Morgan fingerprint density at radius 1 is 1.05 bits per heavy atom. The minimum absolute atomic E-state index is 0.115.